The molecule has 0 spiro atoms. The highest BCUT2D eigenvalue weighted by Gasteiger charge is 2.26. The molecule has 0 N–H and O–H groups in total. The average Bonchev–Trinajstić information content (AvgIpc) is 3.19. The van der Waals surface area contributed by atoms with Crippen LogP contribution >= 0.6 is 0 Å². The first-order chi connectivity index (χ1) is 13.8. The van der Waals surface area contributed by atoms with Crippen LogP contribution in [0.15, 0.2) is 66.9 Å². The Hall–Kier alpha value is -2.46. The number of nitrogens with zero attached hydrogens (tertiary/aromatic N) is 3. The van der Waals surface area contributed by atoms with Crippen LogP contribution in [-0.4, -0.2) is 27.2 Å². The van der Waals surface area contributed by atoms with Crippen LogP contribution in [0.3, 0.4) is 0 Å². The van der Waals surface area contributed by atoms with Gasteiger partial charge in [-0.05, 0) is 45.2 Å². The highest BCUT2D eigenvalue weighted by Crippen LogP contribution is 2.26. The number of hydrogen-bond acceptors (Lipinski definition) is 3. The Balaban J connectivity index is 1.58. The van der Waals surface area contributed by atoms with Gasteiger partial charge in [0, 0.05) is 25.1 Å². The van der Waals surface area contributed by atoms with E-state index in [0.29, 0.717) is 6.61 Å². The maximum atomic E-state index is 6.25. The molecule has 1 aromatic heterocycles. The summed E-state index contributed by atoms with van der Waals surface area (Å²) < 4.78 is 8.23. The fourth-order valence-electron chi connectivity index (χ4n) is 3.51. The van der Waals surface area contributed by atoms with Gasteiger partial charge in [0.05, 0.1) is 16.8 Å². The van der Waals surface area contributed by atoms with Crippen molar-refractivity contribution in [3.63, 3.8) is 0 Å². The second-order valence-corrected chi connectivity index (χ2v) is 9.05. The van der Waals surface area contributed by atoms with Crippen molar-refractivity contribution < 1.29 is 4.74 Å². The molecule has 29 heavy (non-hydrogen) atoms. The van der Waals surface area contributed by atoms with E-state index in [4.69, 9.17) is 4.74 Å². The minimum absolute atomic E-state index is 0.162. The number of rotatable bonds is 9. The SMILES string of the molecule is CC(c1ccccc1)c1cn(C(C)(C)CCOC(C)(C)Cc2ccccc2)nn1. The van der Waals surface area contributed by atoms with Crippen molar-refractivity contribution >= 4 is 0 Å². The molecule has 4 nitrogen and oxygen atoms in total. The third kappa shape index (κ3) is 5.77. The third-order valence-corrected chi connectivity index (χ3v) is 5.55. The standard InChI is InChI=1S/C25H33N3O/c1-20(22-14-10-7-11-15-22)23-19-28(27-26-23)24(2,3)16-17-29-25(4,5)18-21-12-8-6-9-13-21/h6-15,19-20H,16-18H2,1-5H3. The van der Waals surface area contributed by atoms with Crippen LogP contribution in [0.2, 0.25) is 0 Å². The van der Waals surface area contributed by atoms with Crippen LogP contribution in [0.5, 0.6) is 0 Å². The highest BCUT2D eigenvalue weighted by atomic mass is 16.5. The van der Waals surface area contributed by atoms with Gasteiger partial charge in [0.15, 0.2) is 0 Å². The van der Waals surface area contributed by atoms with Gasteiger partial charge in [-0.1, -0.05) is 72.8 Å². The Morgan fingerprint density at radius 3 is 2.21 bits per heavy atom. The lowest BCUT2D eigenvalue weighted by atomic mass is 9.97. The Morgan fingerprint density at radius 2 is 1.55 bits per heavy atom. The van der Waals surface area contributed by atoms with E-state index >= 15 is 0 Å². The predicted octanol–water partition coefficient (Wildman–Crippen LogP) is 5.59. The summed E-state index contributed by atoms with van der Waals surface area (Å²) in [5.74, 6) is 0.224. The normalized spacial score (nSPS) is 13.4. The largest absolute Gasteiger partial charge is 0.375 e. The molecule has 3 rings (SSSR count). The second kappa shape index (κ2) is 8.91. The van der Waals surface area contributed by atoms with E-state index in [1.165, 1.54) is 11.1 Å². The summed E-state index contributed by atoms with van der Waals surface area (Å²) in [5.41, 5.74) is 3.18. The van der Waals surface area contributed by atoms with E-state index < -0.39 is 0 Å². The first kappa shape index (κ1) is 21.3. The van der Waals surface area contributed by atoms with Gasteiger partial charge < -0.3 is 4.74 Å². The second-order valence-electron chi connectivity index (χ2n) is 9.05. The van der Waals surface area contributed by atoms with Crippen LogP contribution in [0, 0.1) is 0 Å². The molecule has 3 aromatic rings. The molecule has 0 amide bonds. The van der Waals surface area contributed by atoms with E-state index in [2.05, 4.69) is 99.7 Å². The topological polar surface area (TPSA) is 39.9 Å². The minimum Gasteiger partial charge on any atom is -0.375 e. The lowest BCUT2D eigenvalue weighted by molar-refractivity contribution is -0.0282. The molecule has 0 aliphatic carbocycles. The van der Waals surface area contributed by atoms with Gasteiger partial charge in [0.25, 0.3) is 0 Å². The van der Waals surface area contributed by atoms with Gasteiger partial charge in [0.2, 0.25) is 0 Å². The highest BCUT2D eigenvalue weighted by molar-refractivity contribution is 5.26. The molecular weight excluding hydrogens is 358 g/mol. The summed E-state index contributed by atoms with van der Waals surface area (Å²) >= 11 is 0. The number of benzene rings is 2. The van der Waals surface area contributed by atoms with Crippen molar-refractivity contribution in [2.24, 2.45) is 0 Å². The summed E-state index contributed by atoms with van der Waals surface area (Å²) in [6.07, 6.45) is 3.84. The first-order valence-corrected chi connectivity index (χ1v) is 10.4. The number of aromatic nitrogens is 3. The molecule has 0 saturated carbocycles. The summed E-state index contributed by atoms with van der Waals surface area (Å²) in [6.45, 7) is 11.5. The summed E-state index contributed by atoms with van der Waals surface area (Å²) in [7, 11) is 0. The Morgan fingerprint density at radius 1 is 0.931 bits per heavy atom. The van der Waals surface area contributed by atoms with Crippen molar-refractivity contribution in [2.45, 2.75) is 64.5 Å². The summed E-state index contributed by atoms with van der Waals surface area (Å²) in [6, 6.07) is 20.9. The van der Waals surface area contributed by atoms with Gasteiger partial charge in [-0.15, -0.1) is 5.10 Å². The van der Waals surface area contributed by atoms with Gasteiger partial charge in [-0.3, -0.25) is 0 Å². The minimum atomic E-state index is -0.202. The van der Waals surface area contributed by atoms with Gasteiger partial charge >= 0.3 is 0 Å². The first-order valence-electron chi connectivity index (χ1n) is 10.4. The van der Waals surface area contributed by atoms with E-state index in [1.807, 2.05) is 16.8 Å². The monoisotopic (exact) mass is 391 g/mol. The molecule has 1 unspecified atom stereocenters. The van der Waals surface area contributed by atoms with Crippen LogP contribution in [0.25, 0.3) is 0 Å². The molecular formula is C25H33N3O. The van der Waals surface area contributed by atoms with Crippen molar-refractivity contribution in [2.75, 3.05) is 6.61 Å². The van der Waals surface area contributed by atoms with E-state index in [1.54, 1.807) is 0 Å². The van der Waals surface area contributed by atoms with Gasteiger partial charge in [-0.2, -0.15) is 0 Å². The van der Waals surface area contributed by atoms with Crippen LogP contribution in [0.1, 0.15) is 63.8 Å². The quantitative estimate of drug-likeness (QED) is 0.477. The Bertz CT molecular complexity index is 885. The molecule has 0 radical (unpaired) electrons. The molecule has 0 bridgehead atoms. The van der Waals surface area contributed by atoms with Crippen molar-refractivity contribution in [1.82, 2.24) is 15.0 Å². The van der Waals surface area contributed by atoms with Crippen LogP contribution < -0.4 is 0 Å². The fraction of sp³-hybridized carbons (Fsp3) is 0.440. The Kier molecular flexibility index (Phi) is 6.53. The average molecular weight is 392 g/mol. The molecule has 0 aliphatic rings. The van der Waals surface area contributed by atoms with Crippen LogP contribution in [-0.2, 0) is 16.7 Å². The summed E-state index contributed by atoms with van der Waals surface area (Å²) in [4.78, 5) is 0. The zero-order valence-corrected chi connectivity index (χ0v) is 18.3. The lowest BCUT2D eigenvalue weighted by Gasteiger charge is -2.29. The van der Waals surface area contributed by atoms with Crippen molar-refractivity contribution in [3.8, 4) is 0 Å². The number of ether oxygens (including phenoxy) is 1. The van der Waals surface area contributed by atoms with Gasteiger partial charge in [0.1, 0.15) is 0 Å². The van der Waals surface area contributed by atoms with Crippen molar-refractivity contribution in [3.05, 3.63) is 83.7 Å². The molecule has 2 aromatic carbocycles. The van der Waals surface area contributed by atoms with Gasteiger partial charge in [-0.25, -0.2) is 4.68 Å². The molecule has 154 valence electrons. The van der Waals surface area contributed by atoms with E-state index in [-0.39, 0.29) is 17.1 Å². The lowest BCUT2D eigenvalue weighted by Crippen LogP contribution is -2.33. The van der Waals surface area contributed by atoms with Crippen molar-refractivity contribution in [1.29, 1.82) is 0 Å². The molecule has 1 atom stereocenters. The smallest absolute Gasteiger partial charge is 0.0899 e. The molecule has 4 heteroatoms. The number of hydrogen-bond donors (Lipinski definition) is 0. The predicted molar refractivity (Wildman–Crippen MR) is 118 cm³/mol. The molecule has 0 saturated heterocycles. The molecule has 0 fully saturated rings. The Labute approximate surface area is 174 Å². The third-order valence-electron chi connectivity index (χ3n) is 5.55. The molecule has 1 heterocycles. The summed E-state index contributed by atoms with van der Waals surface area (Å²) in [5, 5.41) is 8.87. The maximum Gasteiger partial charge on any atom is 0.0899 e. The zero-order chi connectivity index (χ0) is 20.9. The van der Waals surface area contributed by atoms with Crippen LogP contribution in [0.4, 0.5) is 0 Å². The van der Waals surface area contributed by atoms with E-state index in [9.17, 15) is 0 Å². The molecule has 0 aliphatic heterocycles. The maximum absolute atomic E-state index is 6.25. The fourth-order valence-corrected chi connectivity index (χ4v) is 3.51. The zero-order valence-electron chi connectivity index (χ0n) is 18.3. The van der Waals surface area contributed by atoms with E-state index in [0.717, 1.165) is 18.5 Å².